The average molecular weight is 327 g/mol. The Balaban J connectivity index is 2.02. The summed E-state index contributed by atoms with van der Waals surface area (Å²) in [5.41, 5.74) is 5.21. The van der Waals surface area contributed by atoms with Gasteiger partial charge in [0.2, 0.25) is 0 Å². The number of imidazole rings is 1. The maximum Gasteiger partial charge on any atom is 0.164 e. The van der Waals surface area contributed by atoms with Gasteiger partial charge in [-0.3, -0.25) is 4.57 Å². The van der Waals surface area contributed by atoms with Crippen LogP contribution in [0.25, 0.3) is 28.2 Å². The summed E-state index contributed by atoms with van der Waals surface area (Å²) >= 11 is 0. The second kappa shape index (κ2) is 5.85. The lowest BCUT2D eigenvalue weighted by Gasteiger charge is -2.18. The lowest BCUT2D eigenvalue weighted by molar-refractivity contribution is 0.588. The van der Waals surface area contributed by atoms with Crippen LogP contribution in [-0.2, 0) is 5.41 Å². The summed E-state index contributed by atoms with van der Waals surface area (Å²) in [7, 11) is 0. The largest absolute Gasteiger partial charge is 0.277 e. The van der Waals surface area contributed by atoms with Gasteiger partial charge in [-0.2, -0.15) is 0 Å². The number of fused-ring (bicyclic) bond motifs is 1. The Labute approximate surface area is 148 Å². The summed E-state index contributed by atoms with van der Waals surface area (Å²) in [5, 5.41) is 0. The molecule has 3 heteroatoms. The van der Waals surface area contributed by atoms with Crippen LogP contribution in [0.5, 0.6) is 0 Å². The zero-order valence-electron chi connectivity index (χ0n) is 14.8. The Hall–Kier alpha value is -2.94. The Bertz CT molecular complexity index is 1010. The number of hydrogen-bond donors (Lipinski definition) is 0. The van der Waals surface area contributed by atoms with Gasteiger partial charge in [-0.25, -0.2) is 9.97 Å². The predicted octanol–water partition coefficient (Wildman–Crippen LogP) is 5.39. The summed E-state index contributed by atoms with van der Waals surface area (Å²) < 4.78 is 2.14. The summed E-state index contributed by atoms with van der Waals surface area (Å²) in [4.78, 5) is 9.70. The monoisotopic (exact) mass is 327 g/mol. The second-order valence-corrected chi connectivity index (χ2v) is 7.29. The Morgan fingerprint density at radius 3 is 2.12 bits per heavy atom. The molecule has 2 aromatic carbocycles. The van der Waals surface area contributed by atoms with Gasteiger partial charge >= 0.3 is 0 Å². The molecule has 25 heavy (non-hydrogen) atoms. The first-order valence-electron chi connectivity index (χ1n) is 8.54. The molecule has 0 N–H and O–H groups in total. The molecule has 3 nitrogen and oxygen atoms in total. The highest BCUT2D eigenvalue weighted by Crippen LogP contribution is 2.30. The fourth-order valence-corrected chi connectivity index (χ4v) is 2.98. The van der Waals surface area contributed by atoms with E-state index in [1.54, 1.807) is 0 Å². The van der Waals surface area contributed by atoms with E-state index in [9.17, 15) is 0 Å². The van der Waals surface area contributed by atoms with Crippen LogP contribution in [0.2, 0.25) is 0 Å². The summed E-state index contributed by atoms with van der Waals surface area (Å²) in [6.45, 7) is 6.59. The van der Waals surface area contributed by atoms with E-state index in [0.717, 1.165) is 28.2 Å². The van der Waals surface area contributed by atoms with Crippen molar-refractivity contribution in [3.63, 3.8) is 0 Å². The lowest BCUT2D eigenvalue weighted by Crippen LogP contribution is -2.11. The zero-order valence-corrected chi connectivity index (χ0v) is 14.8. The number of benzene rings is 2. The highest BCUT2D eigenvalue weighted by molar-refractivity contribution is 5.80. The van der Waals surface area contributed by atoms with E-state index < -0.39 is 0 Å². The van der Waals surface area contributed by atoms with Crippen LogP contribution in [0.4, 0.5) is 0 Å². The summed E-state index contributed by atoms with van der Waals surface area (Å²) in [6, 6.07) is 22.7. The molecule has 4 aromatic rings. The molecule has 0 saturated heterocycles. The number of hydrogen-bond acceptors (Lipinski definition) is 2. The standard InChI is InChI=1S/C22H21N3/c1-22(2,3)17-14-19-21(23-15-17)25(18-12-8-5-9-13-18)20(24-19)16-10-6-4-7-11-16/h4-15H,1-3H3. The van der Waals surface area contributed by atoms with Crippen LogP contribution >= 0.6 is 0 Å². The third-order valence-electron chi connectivity index (χ3n) is 4.41. The maximum absolute atomic E-state index is 4.93. The van der Waals surface area contributed by atoms with Gasteiger partial charge in [-0.05, 0) is 29.2 Å². The minimum atomic E-state index is 0.0463. The van der Waals surface area contributed by atoms with Crippen molar-refractivity contribution in [3.8, 4) is 17.1 Å². The van der Waals surface area contributed by atoms with Crippen LogP contribution in [0, 0.1) is 0 Å². The highest BCUT2D eigenvalue weighted by Gasteiger charge is 2.19. The Kier molecular flexibility index (Phi) is 3.65. The normalized spacial score (nSPS) is 11.8. The number of nitrogens with zero attached hydrogens (tertiary/aromatic N) is 3. The van der Waals surface area contributed by atoms with Crippen molar-refractivity contribution in [2.75, 3.05) is 0 Å². The fraction of sp³-hybridized carbons (Fsp3) is 0.182. The molecule has 0 amide bonds. The van der Waals surface area contributed by atoms with Crippen molar-refractivity contribution in [2.24, 2.45) is 0 Å². The number of pyridine rings is 1. The van der Waals surface area contributed by atoms with Crippen molar-refractivity contribution < 1.29 is 0 Å². The first-order valence-corrected chi connectivity index (χ1v) is 8.54. The van der Waals surface area contributed by atoms with Crippen molar-refractivity contribution in [2.45, 2.75) is 26.2 Å². The minimum absolute atomic E-state index is 0.0463. The third kappa shape index (κ3) is 2.82. The predicted molar refractivity (Wildman–Crippen MR) is 103 cm³/mol. The summed E-state index contributed by atoms with van der Waals surface area (Å²) in [6.07, 6.45) is 1.97. The molecular weight excluding hydrogens is 306 g/mol. The fourth-order valence-electron chi connectivity index (χ4n) is 2.98. The van der Waals surface area contributed by atoms with E-state index in [4.69, 9.17) is 9.97 Å². The number of para-hydroxylation sites is 1. The molecule has 0 unspecified atom stereocenters. The SMILES string of the molecule is CC(C)(C)c1cnc2c(c1)nc(-c1ccccc1)n2-c1ccccc1. The van der Waals surface area contributed by atoms with Gasteiger partial charge in [0.05, 0.1) is 0 Å². The van der Waals surface area contributed by atoms with Gasteiger partial charge in [0.25, 0.3) is 0 Å². The molecule has 4 rings (SSSR count). The van der Waals surface area contributed by atoms with E-state index >= 15 is 0 Å². The van der Waals surface area contributed by atoms with Gasteiger partial charge < -0.3 is 0 Å². The molecule has 0 spiro atoms. The second-order valence-electron chi connectivity index (χ2n) is 7.29. The Morgan fingerprint density at radius 2 is 1.48 bits per heavy atom. The van der Waals surface area contributed by atoms with Crippen molar-refractivity contribution in [1.82, 2.24) is 14.5 Å². The molecular formula is C22H21N3. The van der Waals surface area contributed by atoms with Crippen molar-refractivity contribution in [3.05, 3.63) is 78.5 Å². The molecule has 0 aliphatic carbocycles. The molecule has 0 radical (unpaired) electrons. The topological polar surface area (TPSA) is 30.7 Å². The van der Waals surface area contributed by atoms with Crippen molar-refractivity contribution in [1.29, 1.82) is 0 Å². The highest BCUT2D eigenvalue weighted by atomic mass is 15.1. The van der Waals surface area contributed by atoms with Gasteiger partial charge in [-0.15, -0.1) is 0 Å². The van der Waals surface area contributed by atoms with Crippen molar-refractivity contribution >= 4 is 11.2 Å². The Morgan fingerprint density at radius 1 is 0.840 bits per heavy atom. The summed E-state index contributed by atoms with van der Waals surface area (Å²) in [5.74, 6) is 0.917. The van der Waals surface area contributed by atoms with Crippen LogP contribution in [0.15, 0.2) is 72.9 Å². The van der Waals surface area contributed by atoms with E-state index in [-0.39, 0.29) is 5.41 Å². The van der Waals surface area contributed by atoms with Gasteiger partial charge in [-0.1, -0.05) is 69.3 Å². The molecule has 0 bridgehead atoms. The van der Waals surface area contributed by atoms with E-state index in [2.05, 4.69) is 55.7 Å². The lowest BCUT2D eigenvalue weighted by atomic mass is 9.88. The smallest absolute Gasteiger partial charge is 0.164 e. The van der Waals surface area contributed by atoms with E-state index in [0.29, 0.717) is 0 Å². The molecule has 2 aromatic heterocycles. The number of aromatic nitrogens is 3. The van der Waals surface area contributed by atoms with Crippen LogP contribution < -0.4 is 0 Å². The molecule has 124 valence electrons. The number of rotatable bonds is 2. The molecule has 2 heterocycles. The first-order chi connectivity index (χ1) is 12.0. The molecule has 0 atom stereocenters. The quantitative estimate of drug-likeness (QED) is 0.494. The molecule has 0 fully saturated rings. The maximum atomic E-state index is 4.93. The average Bonchev–Trinajstić information content (AvgIpc) is 3.01. The van der Waals surface area contributed by atoms with Crippen LogP contribution in [-0.4, -0.2) is 14.5 Å². The van der Waals surface area contributed by atoms with Crippen LogP contribution in [0.3, 0.4) is 0 Å². The van der Waals surface area contributed by atoms with Gasteiger partial charge in [0, 0.05) is 17.4 Å². The first kappa shape index (κ1) is 15.6. The molecule has 0 aliphatic rings. The van der Waals surface area contributed by atoms with Gasteiger partial charge in [0.1, 0.15) is 11.3 Å². The van der Waals surface area contributed by atoms with E-state index in [1.165, 1.54) is 5.56 Å². The minimum Gasteiger partial charge on any atom is -0.277 e. The van der Waals surface area contributed by atoms with E-state index in [1.807, 2.05) is 42.6 Å². The zero-order chi connectivity index (χ0) is 17.4. The van der Waals surface area contributed by atoms with Crippen LogP contribution in [0.1, 0.15) is 26.3 Å². The molecule has 0 aliphatic heterocycles. The van der Waals surface area contributed by atoms with Gasteiger partial charge in [0.15, 0.2) is 5.65 Å². The third-order valence-corrected chi connectivity index (χ3v) is 4.41. The molecule has 0 saturated carbocycles.